The van der Waals surface area contributed by atoms with Gasteiger partial charge in [0.25, 0.3) is 5.91 Å². The van der Waals surface area contributed by atoms with E-state index in [4.69, 9.17) is 0 Å². The van der Waals surface area contributed by atoms with Crippen molar-refractivity contribution in [2.75, 3.05) is 18.0 Å². The minimum absolute atomic E-state index is 0.0579. The van der Waals surface area contributed by atoms with Crippen LogP contribution in [0.1, 0.15) is 22.8 Å². The number of halogens is 1. The van der Waals surface area contributed by atoms with Gasteiger partial charge in [-0.1, -0.05) is 34.1 Å². The molecular weight excluding hydrogens is 356 g/mol. The molecule has 2 rings (SSSR count). The maximum Gasteiger partial charge on any atom is 0.251 e. The first kappa shape index (κ1) is 17.2. The van der Waals surface area contributed by atoms with E-state index in [1.54, 1.807) is 11.0 Å². The van der Waals surface area contributed by atoms with Gasteiger partial charge in [0, 0.05) is 35.7 Å². The van der Waals surface area contributed by atoms with Crippen molar-refractivity contribution in [3.05, 3.63) is 64.1 Å². The first-order valence-corrected chi connectivity index (χ1v) is 8.16. The van der Waals surface area contributed by atoms with Crippen molar-refractivity contribution in [1.82, 2.24) is 5.32 Å². The first-order chi connectivity index (χ1) is 11.0. The van der Waals surface area contributed by atoms with E-state index in [1.807, 2.05) is 49.4 Å². The van der Waals surface area contributed by atoms with E-state index in [-0.39, 0.29) is 11.8 Å². The van der Waals surface area contributed by atoms with Crippen LogP contribution < -0.4 is 10.2 Å². The summed E-state index contributed by atoms with van der Waals surface area (Å²) in [5.74, 6) is -0.181. The van der Waals surface area contributed by atoms with Crippen LogP contribution in [-0.2, 0) is 4.79 Å². The summed E-state index contributed by atoms with van der Waals surface area (Å²) in [7, 11) is 0. The minimum Gasteiger partial charge on any atom is -0.350 e. The maximum absolute atomic E-state index is 12.2. The molecule has 1 N–H and O–H groups in total. The molecule has 0 aliphatic rings. The van der Waals surface area contributed by atoms with E-state index >= 15 is 0 Å². The second kappa shape index (κ2) is 7.92. The van der Waals surface area contributed by atoms with Crippen molar-refractivity contribution in [1.29, 1.82) is 0 Å². The summed E-state index contributed by atoms with van der Waals surface area (Å²) in [6.45, 7) is 4.24. The van der Waals surface area contributed by atoms with Gasteiger partial charge >= 0.3 is 0 Å². The molecule has 0 aromatic heterocycles. The minimum atomic E-state index is -0.123. The summed E-state index contributed by atoms with van der Waals surface area (Å²) in [4.78, 5) is 25.7. The van der Waals surface area contributed by atoms with Gasteiger partial charge in [0.1, 0.15) is 0 Å². The smallest absolute Gasteiger partial charge is 0.251 e. The molecule has 0 atom stereocenters. The number of carbonyl (C=O) groups is 2. The molecule has 4 nitrogen and oxygen atoms in total. The SMILES string of the molecule is CC(=O)N(CCNC(=O)c1ccccc1C)c1ccc(Br)cc1. The molecule has 0 saturated heterocycles. The molecule has 0 heterocycles. The zero-order valence-electron chi connectivity index (χ0n) is 13.2. The van der Waals surface area contributed by atoms with E-state index in [0.29, 0.717) is 18.7 Å². The topological polar surface area (TPSA) is 49.4 Å². The molecule has 2 amide bonds. The van der Waals surface area contributed by atoms with Crippen LogP contribution in [0, 0.1) is 6.92 Å². The largest absolute Gasteiger partial charge is 0.350 e. The van der Waals surface area contributed by atoms with Gasteiger partial charge in [0.15, 0.2) is 0 Å². The van der Waals surface area contributed by atoms with Crippen LogP contribution in [-0.4, -0.2) is 24.9 Å². The number of nitrogens with zero attached hydrogens (tertiary/aromatic N) is 1. The van der Waals surface area contributed by atoms with Gasteiger partial charge in [-0.05, 0) is 42.8 Å². The zero-order chi connectivity index (χ0) is 16.8. The van der Waals surface area contributed by atoms with Crippen LogP contribution in [0.4, 0.5) is 5.69 Å². The second-order valence-corrected chi connectivity index (χ2v) is 6.13. The normalized spacial score (nSPS) is 10.2. The van der Waals surface area contributed by atoms with E-state index in [9.17, 15) is 9.59 Å². The highest BCUT2D eigenvalue weighted by atomic mass is 79.9. The van der Waals surface area contributed by atoms with E-state index in [0.717, 1.165) is 15.7 Å². The maximum atomic E-state index is 12.2. The number of carbonyl (C=O) groups excluding carboxylic acids is 2. The number of anilines is 1. The van der Waals surface area contributed by atoms with Gasteiger partial charge < -0.3 is 10.2 Å². The van der Waals surface area contributed by atoms with Crippen molar-refractivity contribution in [2.45, 2.75) is 13.8 Å². The molecule has 2 aromatic carbocycles. The van der Waals surface area contributed by atoms with Crippen molar-refractivity contribution < 1.29 is 9.59 Å². The number of hydrogen-bond donors (Lipinski definition) is 1. The summed E-state index contributed by atoms with van der Waals surface area (Å²) < 4.78 is 0.956. The summed E-state index contributed by atoms with van der Waals surface area (Å²) >= 11 is 3.38. The van der Waals surface area contributed by atoms with E-state index in [1.165, 1.54) is 6.92 Å². The lowest BCUT2D eigenvalue weighted by Crippen LogP contribution is -2.37. The molecule has 0 aliphatic carbocycles. The van der Waals surface area contributed by atoms with Crippen LogP contribution in [0.2, 0.25) is 0 Å². The first-order valence-electron chi connectivity index (χ1n) is 7.36. The average Bonchev–Trinajstić information content (AvgIpc) is 2.52. The van der Waals surface area contributed by atoms with Crippen molar-refractivity contribution in [3.63, 3.8) is 0 Å². The number of hydrogen-bond acceptors (Lipinski definition) is 2. The molecule has 0 unspecified atom stereocenters. The lowest BCUT2D eigenvalue weighted by molar-refractivity contribution is -0.116. The molecule has 0 bridgehead atoms. The number of nitrogens with one attached hydrogen (secondary N) is 1. The molecule has 23 heavy (non-hydrogen) atoms. The third-order valence-corrected chi connectivity index (χ3v) is 4.06. The Hall–Kier alpha value is -2.14. The van der Waals surface area contributed by atoms with Crippen LogP contribution in [0.25, 0.3) is 0 Å². The number of rotatable bonds is 5. The van der Waals surface area contributed by atoms with Gasteiger partial charge in [0.2, 0.25) is 5.91 Å². The Morgan fingerprint density at radius 3 is 2.35 bits per heavy atom. The van der Waals surface area contributed by atoms with Gasteiger partial charge in [-0.15, -0.1) is 0 Å². The predicted octanol–water partition coefficient (Wildman–Crippen LogP) is 3.54. The fourth-order valence-corrected chi connectivity index (χ4v) is 2.56. The standard InChI is InChI=1S/C18H19BrN2O2/c1-13-5-3-4-6-17(13)18(23)20-11-12-21(14(2)22)16-9-7-15(19)8-10-16/h3-10H,11-12H2,1-2H3,(H,20,23). The number of aryl methyl sites for hydroxylation is 1. The Balaban J connectivity index is 1.97. The van der Waals surface area contributed by atoms with Crippen molar-refractivity contribution in [3.8, 4) is 0 Å². The molecule has 120 valence electrons. The Morgan fingerprint density at radius 1 is 1.09 bits per heavy atom. The Kier molecular flexibility index (Phi) is 5.93. The monoisotopic (exact) mass is 374 g/mol. The second-order valence-electron chi connectivity index (χ2n) is 5.22. The molecule has 0 spiro atoms. The van der Waals surface area contributed by atoms with Crippen molar-refractivity contribution >= 4 is 33.4 Å². The van der Waals surface area contributed by atoms with Crippen LogP contribution in [0.15, 0.2) is 53.0 Å². The van der Waals surface area contributed by atoms with Gasteiger partial charge in [-0.25, -0.2) is 0 Å². The fraction of sp³-hybridized carbons (Fsp3) is 0.222. The number of benzene rings is 2. The third kappa shape index (κ3) is 4.66. The van der Waals surface area contributed by atoms with Crippen molar-refractivity contribution in [2.24, 2.45) is 0 Å². The molecule has 2 aromatic rings. The van der Waals surface area contributed by atoms with E-state index in [2.05, 4.69) is 21.2 Å². The molecule has 0 aliphatic heterocycles. The molecule has 5 heteroatoms. The average molecular weight is 375 g/mol. The van der Waals surface area contributed by atoms with Gasteiger partial charge in [-0.2, -0.15) is 0 Å². The van der Waals surface area contributed by atoms with Gasteiger partial charge in [0.05, 0.1) is 0 Å². The fourth-order valence-electron chi connectivity index (χ4n) is 2.29. The number of amides is 2. The highest BCUT2D eigenvalue weighted by Crippen LogP contribution is 2.18. The van der Waals surface area contributed by atoms with Crippen LogP contribution >= 0.6 is 15.9 Å². The van der Waals surface area contributed by atoms with E-state index < -0.39 is 0 Å². The summed E-state index contributed by atoms with van der Waals surface area (Å²) in [6.07, 6.45) is 0. The van der Waals surface area contributed by atoms with Crippen LogP contribution in [0.5, 0.6) is 0 Å². The summed E-state index contributed by atoms with van der Waals surface area (Å²) in [6, 6.07) is 14.9. The Bertz CT molecular complexity index is 698. The highest BCUT2D eigenvalue weighted by molar-refractivity contribution is 9.10. The summed E-state index contributed by atoms with van der Waals surface area (Å²) in [5, 5.41) is 2.86. The quantitative estimate of drug-likeness (QED) is 0.869. The lowest BCUT2D eigenvalue weighted by Gasteiger charge is -2.21. The Labute approximate surface area is 144 Å². The lowest BCUT2D eigenvalue weighted by atomic mass is 10.1. The predicted molar refractivity (Wildman–Crippen MR) is 95.7 cm³/mol. The molecular formula is C18H19BrN2O2. The third-order valence-electron chi connectivity index (χ3n) is 3.53. The molecule has 0 fully saturated rings. The zero-order valence-corrected chi connectivity index (χ0v) is 14.8. The van der Waals surface area contributed by atoms with Crippen LogP contribution in [0.3, 0.4) is 0 Å². The highest BCUT2D eigenvalue weighted by Gasteiger charge is 2.12. The van der Waals surface area contributed by atoms with Gasteiger partial charge in [-0.3, -0.25) is 9.59 Å². The Morgan fingerprint density at radius 2 is 1.74 bits per heavy atom. The summed E-state index contributed by atoms with van der Waals surface area (Å²) in [5.41, 5.74) is 2.40. The molecule has 0 saturated carbocycles. The molecule has 0 radical (unpaired) electrons.